The van der Waals surface area contributed by atoms with E-state index in [4.69, 9.17) is 9.47 Å². The normalized spacial score (nSPS) is 29.1. The van der Waals surface area contributed by atoms with Crippen molar-refractivity contribution in [1.82, 2.24) is 10.2 Å². The molecule has 2 unspecified atom stereocenters. The summed E-state index contributed by atoms with van der Waals surface area (Å²) in [5.41, 5.74) is -1.42. The molecule has 230 valence electrons. The zero-order valence-corrected chi connectivity index (χ0v) is 24.5. The molecule has 5 atom stereocenters. The van der Waals surface area contributed by atoms with E-state index in [1.165, 1.54) is 13.2 Å². The third kappa shape index (κ3) is 8.15. The number of hydrogen-bond acceptors (Lipinski definition) is 5. The van der Waals surface area contributed by atoms with Gasteiger partial charge in [-0.3, -0.25) is 14.5 Å². The zero-order valence-electron chi connectivity index (χ0n) is 24.5. The van der Waals surface area contributed by atoms with E-state index in [0.717, 1.165) is 70.2 Å². The summed E-state index contributed by atoms with van der Waals surface area (Å²) < 4.78 is 51.5. The number of aliphatic carboxylic acids is 1. The van der Waals surface area contributed by atoms with Crippen LogP contribution in [0.1, 0.15) is 82.8 Å². The third-order valence-corrected chi connectivity index (χ3v) is 9.40. The highest BCUT2D eigenvalue weighted by molar-refractivity contribution is 5.86. The summed E-state index contributed by atoms with van der Waals surface area (Å²) in [6, 6.07) is 3.71. The molecule has 1 aromatic rings. The topological polar surface area (TPSA) is 88.1 Å². The molecule has 41 heavy (non-hydrogen) atoms. The Morgan fingerprint density at radius 2 is 1.93 bits per heavy atom. The van der Waals surface area contributed by atoms with Gasteiger partial charge >= 0.3 is 12.1 Å². The van der Waals surface area contributed by atoms with Crippen molar-refractivity contribution < 1.29 is 37.3 Å². The number of hydrogen-bond donors (Lipinski definition) is 2. The van der Waals surface area contributed by atoms with Crippen LogP contribution in [0.5, 0.6) is 5.75 Å². The molecule has 2 heterocycles. The van der Waals surface area contributed by atoms with Gasteiger partial charge in [0.05, 0.1) is 19.3 Å². The minimum atomic E-state index is -4.51. The number of carbonyl (C=O) groups is 2. The number of ether oxygens (including phenoxy) is 2. The lowest BCUT2D eigenvalue weighted by Gasteiger charge is -2.43. The average molecular weight is 583 g/mol. The fraction of sp³-hybridized carbons (Fsp3) is 0.742. The Morgan fingerprint density at radius 1 is 1.17 bits per heavy atom. The lowest BCUT2D eigenvalue weighted by atomic mass is 9.83. The van der Waals surface area contributed by atoms with Crippen LogP contribution in [0.25, 0.3) is 0 Å². The first kappa shape index (κ1) is 31.6. The summed E-state index contributed by atoms with van der Waals surface area (Å²) in [6.07, 6.45) is 3.07. The molecule has 1 amide bonds. The summed E-state index contributed by atoms with van der Waals surface area (Å²) in [5.74, 6) is 0.310. The van der Waals surface area contributed by atoms with E-state index in [1.54, 1.807) is 0 Å². The van der Waals surface area contributed by atoms with E-state index in [0.29, 0.717) is 30.4 Å². The molecule has 10 heteroatoms. The van der Waals surface area contributed by atoms with Crippen LogP contribution in [-0.4, -0.2) is 60.3 Å². The number of carbonyl (C=O) groups excluding carboxylic acids is 1. The number of nitrogens with zero attached hydrogens (tertiary/aromatic N) is 1. The fourth-order valence-electron chi connectivity index (χ4n) is 6.81. The van der Waals surface area contributed by atoms with Crippen molar-refractivity contribution >= 4 is 11.9 Å². The first-order valence-corrected chi connectivity index (χ1v) is 15.0. The maximum Gasteiger partial charge on any atom is 0.416 e. The molecule has 1 aliphatic carbocycles. The summed E-state index contributed by atoms with van der Waals surface area (Å²) in [4.78, 5) is 27.3. The van der Waals surface area contributed by atoms with Crippen LogP contribution in [0.2, 0.25) is 0 Å². The lowest BCUT2D eigenvalue weighted by Crippen LogP contribution is -2.57. The Balaban J connectivity index is 1.36. The van der Waals surface area contributed by atoms with Crippen molar-refractivity contribution in [2.45, 2.75) is 96.0 Å². The van der Waals surface area contributed by atoms with Crippen LogP contribution in [0.3, 0.4) is 0 Å². The molecule has 2 N–H and O–H groups in total. The van der Waals surface area contributed by atoms with Gasteiger partial charge in [-0.05, 0) is 105 Å². The minimum absolute atomic E-state index is 0.0362. The van der Waals surface area contributed by atoms with Crippen molar-refractivity contribution in [1.29, 1.82) is 0 Å². The van der Waals surface area contributed by atoms with Gasteiger partial charge in [-0.25, -0.2) is 0 Å². The van der Waals surface area contributed by atoms with Crippen molar-refractivity contribution in [2.24, 2.45) is 23.7 Å². The van der Waals surface area contributed by atoms with E-state index >= 15 is 0 Å². The minimum Gasteiger partial charge on any atom is -0.497 e. The van der Waals surface area contributed by atoms with Crippen molar-refractivity contribution in [2.75, 3.05) is 26.8 Å². The number of carboxylic acids is 1. The molecular weight excluding hydrogens is 537 g/mol. The van der Waals surface area contributed by atoms with E-state index in [9.17, 15) is 27.9 Å². The standard InChI is InChI=1S/C31H45F3N2O5/c1-20-6-7-23(21(2)13-28(37)38)5-4-12-36(18-20)26-10-11-30(41-19-26,24-8-9-24)29(39)35-17-22-14-25(31(32,33)34)16-27(15-22)40-3/h14-16,20-21,23-24,26H,4-13,17-19H2,1-3H3,(H,35,39)(H,37,38)/t20?,21-,23?,26+,30-/m0/s1. The highest BCUT2D eigenvalue weighted by atomic mass is 19.4. The van der Waals surface area contributed by atoms with Crippen molar-refractivity contribution in [3.8, 4) is 5.75 Å². The molecule has 4 rings (SSSR count). The Labute approximate surface area is 241 Å². The second kappa shape index (κ2) is 13.3. The number of benzene rings is 1. The van der Waals surface area contributed by atoms with E-state index in [2.05, 4.69) is 24.1 Å². The number of amides is 1. The molecule has 0 bridgehead atoms. The number of rotatable bonds is 9. The van der Waals surface area contributed by atoms with Gasteiger partial charge in [-0.1, -0.05) is 13.8 Å². The lowest BCUT2D eigenvalue weighted by molar-refractivity contribution is -0.165. The number of carboxylic acid groups (broad SMARTS) is 1. The zero-order chi connectivity index (χ0) is 29.8. The monoisotopic (exact) mass is 582 g/mol. The van der Waals surface area contributed by atoms with E-state index < -0.39 is 23.3 Å². The maximum absolute atomic E-state index is 13.5. The van der Waals surface area contributed by atoms with Gasteiger partial charge < -0.3 is 19.9 Å². The van der Waals surface area contributed by atoms with E-state index in [1.807, 2.05) is 0 Å². The number of halogens is 3. The largest absolute Gasteiger partial charge is 0.497 e. The smallest absolute Gasteiger partial charge is 0.416 e. The average Bonchev–Trinajstić information content (AvgIpc) is 3.77. The van der Waals surface area contributed by atoms with Gasteiger partial charge in [0.2, 0.25) is 0 Å². The first-order valence-electron chi connectivity index (χ1n) is 15.0. The van der Waals surface area contributed by atoms with Crippen LogP contribution < -0.4 is 10.1 Å². The predicted molar refractivity (Wildman–Crippen MR) is 148 cm³/mol. The molecule has 1 saturated carbocycles. The van der Waals surface area contributed by atoms with Gasteiger partial charge in [0, 0.05) is 25.6 Å². The highest BCUT2D eigenvalue weighted by Gasteiger charge is 2.54. The van der Waals surface area contributed by atoms with Crippen molar-refractivity contribution in [3.05, 3.63) is 29.3 Å². The predicted octanol–water partition coefficient (Wildman–Crippen LogP) is 5.90. The molecule has 0 spiro atoms. The summed E-state index contributed by atoms with van der Waals surface area (Å²) in [6.45, 7) is 6.60. The van der Waals surface area contributed by atoms with Gasteiger partial charge in [-0.2, -0.15) is 13.2 Å². The molecule has 0 aromatic heterocycles. The SMILES string of the molecule is COc1cc(CNC(=O)[C@@]2(C3CC3)CC[C@@H](N3CCCC([C@@H](C)CC(=O)O)CCC(C)C3)CO2)cc(C(F)(F)F)c1. The Hall–Kier alpha value is -2.33. The summed E-state index contributed by atoms with van der Waals surface area (Å²) in [7, 11) is 1.32. The quantitative estimate of drug-likeness (QED) is 0.377. The first-order chi connectivity index (χ1) is 19.4. The van der Waals surface area contributed by atoms with E-state index in [-0.39, 0.29) is 42.5 Å². The molecule has 3 fully saturated rings. The van der Waals surface area contributed by atoms with Gasteiger partial charge in [-0.15, -0.1) is 0 Å². The van der Waals surface area contributed by atoms with Crippen LogP contribution in [0, 0.1) is 23.7 Å². The second-order valence-corrected chi connectivity index (χ2v) is 12.6. The molecule has 2 saturated heterocycles. The molecule has 1 aromatic carbocycles. The number of alkyl halides is 3. The summed E-state index contributed by atoms with van der Waals surface area (Å²) >= 11 is 0. The van der Waals surface area contributed by atoms with Crippen LogP contribution in [0.4, 0.5) is 13.2 Å². The molecule has 0 radical (unpaired) electrons. The Morgan fingerprint density at radius 3 is 2.54 bits per heavy atom. The van der Waals surface area contributed by atoms with Crippen LogP contribution in [-0.2, 0) is 27.0 Å². The van der Waals surface area contributed by atoms with Gasteiger partial charge in [0.1, 0.15) is 11.4 Å². The third-order valence-electron chi connectivity index (χ3n) is 9.40. The van der Waals surface area contributed by atoms with Gasteiger partial charge in [0.15, 0.2) is 0 Å². The molecule has 3 aliphatic rings. The molecular formula is C31H45F3N2O5. The fourth-order valence-corrected chi connectivity index (χ4v) is 6.81. The Bertz CT molecular complexity index is 1050. The number of nitrogens with one attached hydrogen (secondary N) is 1. The molecule has 2 aliphatic heterocycles. The Kier molecular flexibility index (Phi) is 10.3. The van der Waals surface area contributed by atoms with Crippen molar-refractivity contribution in [3.63, 3.8) is 0 Å². The second-order valence-electron chi connectivity index (χ2n) is 12.6. The summed E-state index contributed by atoms with van der Waals surface area (Å²) in [5, 5.41) is 12.1. The van der Waals surface area contributed by atoms with Crippen LogP contribution >= 0.6 is 0 Å². The molecule has 7 nitrogen and oxygen atoms in total. The van der Waals surface area contributed by atoms with Crippen LogP contribution in [0.15, 0.2) is 18.2 Å². The maximum atomic E-state index is 13.5. The van der Waals surface area contributed by atoms with Gasteiger partial charge in [0.25, 0.3) is 5.91 Å². The number of methoxy groups -OCH3 is 1. The highest BCUT2D eigenvalue weighted by Crippen LogP contribution is 2.47.